The van der Waals surface area contributed by atoms with Crippen molar-refractivity contribution in [3.8, 4) is 0 Å². The van der Waals surface area contributed by atoms with Crippen LogP contribution >= 0.6 is 19.6 Å². The van der Waals surface area contributed by atoms with E-state index in [2.05, 4.69) is 56.4 Å². The minimum absolute atomic E-state index is 0.746. The fourth-order valence-corrected chi connectivity index (χ4v) is 8.70. The molecule has 0 aromatic heterocycles. The molecule has 7 nitrogen and oxygen atoms in total. The third-order valence-electron chi connectivity index (χ3n) is 6.18. The molecule has 0 unspecified atom stereocenters. The van der Waals surface area contributed by atoms with Crippen LogP contribution in [0.2, 0.25) is 0 Å². The number of benzene rings is 1. The molecule has 4 rings (SSSR count). The molecule has 30 heavy (non-hydrogen) atoms. The van der Waals surface area contributed by atoms with Crippen LogP contribution in [0.25, 0.3) is 0 Å². The van der Waals surface area contributed by atoms with Crippen LogP contribution in [0.4, 0.5) is 0 Å². The minimum atomic E-state index is -2.21. The Hall–Kier alpha value is -0.860. The van der Waals surface area contributed by atoms with E-state index in [0.29, 0.717) is 0 Å². The highest BCUT2D eigenvalue weighted by Gasteiger charge is 2.39. The second-order valence-electron chi connectivity index (χ2n) is 7.84. The van der Waals surface area contributed by atoms with Gasteiger partial charge >= 0.3 is 0 Å². The third-order valence-corrected chi connectivity index (χ3v) is 10.5. The summed E-state index contributed by atoms with van der Waals surface area (Å²) in [4.78, 5) is 4.78. The summed E-state index contributed by atoms with van der Waals surface area (Å²) in [7, 11) is -2.21. The van der Waals surface area contributed by atoms with Gasteiger partial charge in [-0.2, -0.15) is 0 Å². The maximum atomic E-state index is 5.99. The standard InChI is InChI=1S/C21H34N5O2PS/c1-2-23-8-10-24(11-9-23)21(30)22-29(20-6-4-3-5-7-20,25-12-16-27-17-13-25)26-14-18-28-19-15-26/h3-7H,2,8-19H2,1H3. The number of likely N-dealkylation sites (N-methyl/N-ethyl adjacent to an activating group) is 1. The van der Waals surface area contributed by atoms with Crippen molar-refractivity contribution in [2.24, 2.45) is 4.74 Å². The summed E-state index contributed by atoms with van der Waals surface area (Å²) >= 11 is 5.99. The zero-order valence-electron chi connectivity index (χ0n) is 18.0. The zero-order chi connectivity index (χ0) is 20.8. The van der Waals surface area contributed by atoms with Crippen molar-refractivity contribution in [1.29, 1.82) is 0 Å². The van der Waals surface area contributed by atoms with Gasteiger partial charge in [-0.1, -0.05) is 37.3 Å². The molecule has 1 aromatic rings. The molecule has 9 heteroatoms. The highest BCUT2D eigenvalue weighted by atomic mass is 32.1. The molecule has 1 aromatic carbocycles. The summed E-state index contributed by atoms with van der Waals surface area (Å²) in [6.45, 7) is 13.9. The molecule has 0 N–H and O–H groups in total. The van der Waals surface area contributed by atoms with Gasteiger partial charge in [-0.05, 0) is 18.8 Å². The lowest BCUT2D eigenvalue weighted by atomic mass is 10.3. The molecule has 3 aliphatic heterocycles. The second-order valence-corrected chi connectivity index (χ2v) is 11.2. The van der Waals surface area contributed by atoms with Gasteiger partial charge in [0, 0.05) is 57.7 Å². The molecule has 0 saturated carbocycles. The Labute approximate surface area is 186 Å². The summed E-state index contributed by atoms with van der Waals surface area (Å²) in [5.41, 5.74) is 0. The number of ether oxygens (including phenoxy) is 2. The van der Waals surface area contributed by atoms with Gasteiger partial charge in [0.25, 0.3) is 0 Å². The van der Waals surface area contributed by atoms with Gasteiger partial charge in [-0.15, -0.1) is 0 Å². The Morgan fingerprint density at radius 1 is 0.867 bits per heavy atom. The van der Waals surface area contributed by atoms with Crippen molar-refractivity contribution in [2.75, 3.05) is 85.3 Å². The monoisotopic (exact) mass is 451 g/mol. The van der Waals surface area contributed by atoms with Crippen molar-refractivity contribution in [3.05, 3.63) is 30.3 Å². The van der Waals surface area contributed by atoms with E-state index in [4.69, 9.17) is 26.4 Å². The molecule has 0 spiro atoms. The van der Waals surface area contributed by atoms with E-state index in [0.717, 1.165) is 90.4 Å². The first-order valence-corrected chi connectivity index (χ1v) is 13.1. The molecule has 3 aliphatic rings. The van der Waals surface area contributed by atoms with Crippen LogP contribution in [0, 0.1) is 0 Å². The summed E-state index contributed by atoms with van der Waals surface area (Å²) in [5.74, 6) is 0. The van der Waals surface area contributed by atoms with Crippen molar-refractivity contribution in [2.45, 2.75) is 6.92 Å². The second kappa shape index (κ2) is 10.6. The largest absolute Gasteiger partial charge is 0.379 e. The first-order valence-electron chi connectivity index (χ1n) is 11.1. The van der Waals surface area contributed by atoms with E-state index in [1.54, 1.807) is 0 Å². The van der Waals surface area contributed by atoms with E-state index in [9.17, 15) is 0 Å². The van der Waals surface area contributed by atoms with Crippen LogP contribution in [-0.4, -0.2) is 110 Å². The van der Waals surface area contributed by atoms with Gasteiger partial charge in [0.05, 0.1) is 26.4 Å². The molecule has 3 saturated heterocycles. The number of piperazine rings is 1. The Balaban J connectivity index is 1.74. The molecule has 0 bridgehead atoms. The average Bonchev–Trinajstić information content (AvgIpc) is 2.84. The lowest BCUT2D eigenvalue weighted by Gasteiger charge is -2.47. The Morgan fingerprint density at radius 3 is 1.90 bits per heavy atom. The number of morpholine rings is 2. The summed E-state index contributed by atoms with van der Waals surface area (Å²) in [6, 6.07) is 10.8. The number of nitrogens with zero attached hydrogens (tertiary/aromatic N) is 5. The predicted octanol–water partition coefficient (Wildman–Crippen LogP) is 1.93. The van der Waals surface area contributed by atoms with E-state index in [1.807, 2.05) is 0 Å². The maximum absolute atomic E-state index is 5.99. The van der Waals surface area contributed by atoms with Gasteiger partial charge in [0.15, 0.2) is 5.11 Å². The van der Waals surface area contributed by atoms with Crippen LogP contribution < -0.4 is 5.30 Å². The molecule has 0 atom stereocenters. The van der Waals surface area contributed by atoms with Crippen molar-refractivity contribution < 1.29 is 9.47 Å². The average molecular weight is 452 g/mol. The SMILES string of the molecule is CCN1CCN(C(=S)N=P(c2ccccc2)(N2CCOCC2)N2CCOCC2)CC1. The Bertz CT molecular complexity index is 723. The van der Waals surface area contributed by atoms with E-state index in [1.165, 1.54) is 5.30 Å². The van der Waals surface area contributed by atoms with Gasteiger partial charge in [-0.3, -0.25) is 0 Å². The molecule has 0 radical (unpaired) electrons. The lowest BCUT2D eigenvalue weighted by Crippen LogP contribution is -2.49. The summed E-state index contributed by atoms with van der Waals surface area (Å²) in [6.07, 6.45) is 0. The molecule has 0 amide bonds. The first kappa shape index (κ1) is 22.3. The van der Waals surface area contributed by atoms with Gasteiger partial charge < -0.3 is 19.3 Å². The van der Waals surface area contributed by atoms with Crippen molar-refractivity contribution >= 4 is 30.0 Å². The number of rotatable bonds is 4. The van der Waals surface area contributed by atoms with Gasteiger partial charge in [0.2, 0.25) is 0 Å². The lowest BCUT2D eigenvalue weighted by molar-refractivity contribution is 0.0579. The normalized spacial score (nSPS) is 22.8. The smallest absolute Gasteiger partial charge is 0.196 e. The fraction of sp³-hybridized carbons (Fsp3) is 0.667. The van der Waals surface area contributed by atoms with Crippen LogP contribution in [0.5, 0.6) is 0 Å². The Kier molecular flexibility index (Phi) is 7.92. The summed E-state index contributed by atoms with van der Waals surface area (Å²) in [5, 5.41) is 2.05. The van der Waals surface area contributed by atoms with Crippen LogP contribution in [0.3, 0.4) is 0 Å². The van der Waals surface area contributed by atoms with E-state index < -0.39 is 7.36 Å². The van der Waals surface area contributed by atoms with Crippen molar-refractivity contribution in [1.82, 2.24) is 19.1 Å². The van der Waals surface area contributed by atoms with Gasteiger partial charge in [-0.25, -0.2) is 14.1 Å². The highest BCUT2D eigenvalue weighted by Crippen LogP contribution is 2.56. The van der Waals surface area contributed by atoms with E-state index >= 15 is 0 Å². The molecule has 0 aliphatic carbocycles. The van der Waals surface area contributed by atoms with E-state index in [-0.39, 0.29) is 0 Å². The molecule has 3 heterocycles. The van der Waals surface area contributed by atoms with Crippen LogP contribution in [0.15, 0.2) is 35.1 Å². The zero-order valence-corrected chi connectivity index (χ0v) is 19.7. The highest BCUT2D eigenvalue weighted by molar-refractivity contribution is 7.81. The van der Waals surface area contributed by atoms with Gasteiger partial charge in [0.1, 0.15) is 7.36 Å². The minimum Gasteiger partial charge on any atom is -0.379 e. The number of thiocarbonyl (C=S) groups is 1. The van der Waals surface area contributed by atoms with Crippen LogP contribution in [0.1, 0.15) is 6.92 Å². The number of hydrogen-bond acceptors (Lipinski definition) is 4. The Morgan fingerprint density at radius 2 is 1.40 bits per heavy atom. The van der Waals surface area contributed by atoms with Crippen LogP contribution in [-0.2, 0) is 9.47 Å². The fourth-order valence-electron chi connectivity index (χ4n) is 4.42. The topological polar surface area (TPSA) is 43.8 Å². The van der Waals surface area contributed by atoms with Crippen molar-refractivity contribution in [3.63, 3.8) is 0 Å². The quantitative estimate of drug-likeness (QED) is 0.512. The number of hydrogen-bond donors (Lipinski definition) is 0. The predicted molar refractivity (Wildman–Crippen MR) is 126 cm³/mol. The molecular formula is C21H34N5O2PS. The molecule has 166 valence electrons. The molecule has 3 fully saturated rings. The summed E-state index contributed by atoms with van der Waals surface area (Å²) < 4.78 is 22.0. The first-order chi connectivity index (χ1) is 14.7. The maximum Gasteiger partial charge on any atom is 0.196 e. The molecular weight excluding hydrogens is 417 g/mol. The third kappa shape index (κ3) is 4.80.